The maximum absolute atomic E-state index is 13.1. The molecule has 0 radical (unpaired) electrons. The van der Waals surface area contributed by atoms with E-state index >= 15 is 0 Å². The van der Waals surface area contributed by atoms with E-state index in [2.05, 4.69) is 18.0 Å². The van der Waals surface area contributed by atoms with Crippen LogP contribution in [0.5, 0.6) is 0 Å². The van der Waals surface area contributed by atoms with Gasteiger partial charge in [-0.15, -0.1) is 0 Å². The van der Waals surface area contributed by atoms with Gasteiger partial charge in [0.05, 0.1) is 17.3 Å². The molecule has 7 heteroatoms. The van der Waals surface area contributed by atoms with Gasteiger partial charge in [-0.05, 0) is 54.8 Å². The van der Waals surface area contributed by atoms with Crippen LogP contribution in [-0.4, -0.2) is 23.6 Å². The van der Waals surface area contributed by atoms with Crippen LogP contribution in [0.15, 0.2) is 47.5 Å². The van der Waals surface area contributed by atoms with Crippen LogP contribution in [0.4, 0.5) is 4.39 Å². The molecule has 0 aliphatic carbocycles. The number of benzene rings is 2. The molecule has 0 aliphatic heterocycles. The zero-order valence-electron chi connectivity index (χ0n) is 15.8. The van der Waals surface area contributed by atoms with E-state index in [9.17, 15) is 14.0 Å². The summed E-state index contributed by atoms with van der Waals surface area (Å²) in [6.45, 7) is 2.10. The molecule has 0 saturated heterocycles. The minimum Gasteiger partial charge on any atom is -0.468 e. The molecule has 146 valence electrons. The molecule has 0 aliphatic rings. The Morgan fingerprint density at radius 1 is 1.18 bits per heavy atom. The van der Waals surface area contributed by atoms with Gasteiger partial charge in [0.15, 0.2) is 4.80 Å². The average molecular weight is 400 g/mol. The monoisotopic (exact) mass is 400 g/mol. The van der Waals surface area contributed by atoms with Crippen molar-refractivity contribution in [1.29, 1.82) is 0 Å². The van der Waals surface area contributed by atoms with E-state index in [-0.39, 0.29) is 12.1 Å². The van der Waals surface area contributed by atoms with Gasteiger partial charge in [-0.25, -0.2) is 4.39 Å². The SMILES string of the molecule is CCCCc1ccc2c(c1)sc(=NC(=O)c1ccc(F)cc1)n2CC(=O)OC. The summed E-state index contributed by atoms with van der Waals surface area (Å²) in [6.07, 6.45) is 3.18. The van der Waals surface area contributed by atoms with Crippen LogP contribution in [0, 0.1) is 5.82 Å². The summed E-state index contributed by atoms with van der Waals surface area (Å²) in [7, 11) is 1.32. The standard InChI is InChI=1S/C21H21FN2O3S/c1-3-4-5-14-6-11-17-18(12-14)28-21(24(17)13-19(25)27-2)23-20(26)15-7-9-16(22)10-8-15/h6-12H,3-5,13H2,1-2H3. The van der Waals surface area contributed by atoms with Crippen LogP contribution >= 0.6 is 11.3 Å². The molecule has 3 aromatic rings. The Bertz CT molecular complexity index is 1070. The lowest BCUT2D eigenvalue weighted by molar-refractivity contribution is -0.141. The Balaban J connectivity index is 2.07. The number of esters is 1. The third-order valence-electron chi connectivity index (χ3n) is 4.37. The van der Waals surface area contributed by atoms with Gasteiger partial charge in [-0.1, -0.05) is 30.7 Å². The minimum absolute atomic E-state index is 0.0413. The summed E-state index contributed by atoms with van der Waals surface area (Å²) in [5.74, 6) is -1.33. The molecular weight excluding hydrogens is 379 g/mol. The number of unbranched alkanes of at least 4 members (excludes halogenated alkanes) is 1. The highest BCUT2D eigenvalue weighted by Crippen LogP contribution is 2.21. The molecule has 3 rings (SSSR count). The number of nitrogens with zero attached hydrogens (tertiary/aromatic N) is 2. The highest BCUT2D eigenvalue weighted by atomic mass is 32.1. The predicted octanol–water partition coefficient (Wildman–Crippen LogP) is 4.10. The van der Waals surface area contributed by atoms with Crippen LogP contribution in [-0.2, 0) is 22.5 Å². The van der Waals surface area contributed by atoms with Gasteiger partial charge in [-0.3, -0.25) is 9.59 Å². The molecule has 5 nitrogen and oxygen atoms in total. The molecule has 0 atom stereocenters. The molecule has 0 N–H and O–H groups in total. The zero-order valence-corrected chi connectivity index (χ0v) is 16.6. The molecule has 0 fully saturated rings. The summed E-state index contributed by atoms with van der Waals surface area (Å²) in [5.41, 5.74) is 2.31. The van der Waals surface area contributed by atoms with Gasteiger partial charge < -0.3 is 9.30 Å². The Morgan fingerprint density at radius 3 is 2.61 bits per heavy atom. The number of fused-ring (bicyclic) bond motifs is 1. The van der Waals surface area contributed by atoms with Crippen molar-refractivity contribution in [2.24, 2.45) is 4.99 Å². The number of rotatable bonds is 6. The summed E-state index contributed by atoms with van der Waals surface area (Å²) in [4.78, 5) is 29.0. The molecule has 0 spiro atoms. The van der Waals surface area contributed by atoms with Crippen LogP contribution in [0.25, 0.3) is 10.2 Å². The maximum Gasteiger partial charge on any atom is 0.325 e. The Hall–Kier alpha value is -2.80. The third kappa shape index (κ3) is 4.54. The fourth-order valence-corrected chi connectivity index (χ4v) is 3.92. The van der Waals surface area contributed by atoms with Crippen molar-refractivity contribution < 1.29 is 18.7 Å². The van der Waals surface area contributed by atoms with E-state index < -0.39 is 17.7 Å². The second-order valence-corrected chi connectivity index (χ2v) is 7.39. The first-order valence-corrected chi connectivity index (χ1v) is 9.87. The smallest absolute Gasteiger partial charge is 0.325 e. The van der Waals surface area contributed by atoms with E-state index in [0.717, 1.165) is 29.5 Å². The van der Waals surface area contributed by atoms with E-state index in [1.165, 1.54) is 48.3 Å². The molecule has 2 aromatic carbocycles. The number of carbonyl (C=O) groups is 2. The van der Waals surface area contributed by atoms with Gasteiger partial charge in [0.1, 0.15) is 12.4 Å². The van der Waals surface area contributed by atoms with Crippen molar-refractivity contribution in [3.8, 4) is 0 Å². The van der Waals surface area contributed by atoms with E-state index in [4.69, 9.17) is 4.74 Å². The molecule has 28 heavy (non-hydrogen) atoms. The summed E-state index contributed by atoms with van der Waals surface area (Å²) < 4.78 is 20.5. The van der Waals surface area contributed by atoms with Crippen molar-refractivity contribution in [2.75, 3.05) is 7.11 Å². The number of amides is 1. The van der Waals surface area contributed by atoms with Gasteiger partial charge in [0, 0.05) is 5.56 Å². The average Bonchev–Trinajstić information content (AvgIpc) is 3.02. The lowest BCUT2D eigenvalue weighted by atomic mass is 10.1. The topological polar surface area (TPSA) is 60.7 Å². The van der Waals surface area contributed by atoms with Crippen LogP contribution in [0.2, 0.25) is 0 Å². The molecule has 1 heterocycles. The summed E-state index contributed by atoms with van der Waals surface area (Å²) in [6, 6.07) is 11.3. The summed E-state index contributed by atoms with van der Waals surface area (Å²) in [5, 5.41) is 0. The van der Waals surface area contributed by atoms with E-state index in [0.29, 0.717) is 4.80 Å². The quantitative estimate of drug-likeness (QED) is 0.586. The van der Waals surface area contributed by atoms with Crippen LogP contribution in [0.3, 0.4) is 0 Å². The Labute approximate surface area is 166 Å². The normalized spacial score (nSPS) is 11.8. The number of carbonyl (C=O) groups excluding carboxylic acids is 2. The van der Waals surface area contributed by atoms with Gasteiger partial charge in [0.25, 0.3) is 5.91 Å². The molecule has 0 bridgehead atoms. The maximum atomic E-state index is 13.1. The van der Waals surface area contributed by atoms with Gasteiger partial charge in [-0.2, -0.15) is 4.99 Å². The minimum atomic E-state index is -0.489. The van der Waals surface area contributed by atoms with Crippen molar-refractivity contribution in [2.45, 2.75) is 32.7 Å². The first kappa shape index (κ1) is 19.9. The molecule has 0 saturated carbocycles. The lowest BCUT2D eigenvalue weighted by Crippen LogP contribution is -2.22. The first-order chi connectivity index (χ1) is 13.5. The fourth-order valence-electron chi connectivity index (χ4n) is 2.83. The zero-order chi connectivity index (χ0) is 20.1. The first-order valence-electron chi connectivity index (χ1n) is 9.05. The molecular formula is C21H21FN2O3S. The van der Waals surface area contributed by atoms with Gasteiger partial charge >= 0.3 is 5.97 Å². The van der Waals surface area contributed by atoms with Crippen LogP contribution < -0.4 is 4.80 Å². The van der Waals surface area contributed by atoms with Crippen molar-refractivity contribution in [3.63, 3.8) is 0 Å². The van der Waals surface area contributed by atoms with E-state index in [1.807, 2.05) is 12.1 Å². The van der Waals surface area contributed by atoms with Crippen molar-refractivity contribution >= 4 is 33.4 Å². The molecule has 0 unspecified atom stereocenters. The van der Waals surface area contributed by atoms with E-state index in [1.54, 1.807) is 4.57 Å². The second-order valence-electron chi connectivity index (χ2n) is 6.38. The highest BCUT2D eigenvalue weighted by molar-refractivity contribution is 7.16. The number of aromatic nitrogens is 1. The van der Waals surface area contributed by atoms with Gasteiger partial charge in [0.2, 0.25) is 0 Å². The fraction of sp³-hybridized carbons (Fsp3) is 0.286. The number of ether oxygens (including phenoxy) is 1. The number of halogens is 1. The van der Waals surface area contributed by atoms with Crippen molar-refractivity contribution in [3.05, 3.63) is 64.2 Å². The second kappa shape index (κ2) is 8.93. The Kier molecular flexibility index (Phi) is 6.36. The molecule has 1 aromatic heterocycles. The number of methoxy groups -OCH3 is 1. The summed E-state index contributed by atoms with van der Waals surface area (Å²) >= 11 is 1.34. The van der Waals surface area contributed by atoms with Crippen molar-refractivity contribution in [1.82, 2.24) is 4.57 Å². The molecule has 1 amide bonds. The Morgan fingerprint density at radius 2 is 1.93 bits per heavy atom. The van der Waals surface area contributed by atoms with Crippen LogP contribution in [0.1, 0.15) is 35.7 Å². The number of hydrogen-bond donors (Lipinski definition) is 0. The largest absolute Gasteiger partial charge is 0.468 e. The third-order valence-corrected chi connectivity index (χ3v) is 5.41. The number of hydrogen-bond acceptors (Lipinski definition) is 4. The highest BCUT2D eigenvalue weighted by Gasteiger charge is 2.13. The number of thiazole rings is 1. The number of aryl methyl sites for hydroxylation is 1. The lowest BCUT2D eigenvalue weighted by Gasteiger charge is -2.05. The predicted molar refractivity (Wildman–Crippen MR) is 107 cm³/mol.